The molecule has 0 aliphatic carbocycles. The molecule has 1 rings (SSSR count). The van der Waals surface area contributed by atoms with Gasteiger partial charge in [0, 0.05) is 13.1 Å². The molecule has 1 aliphatic heterocycles. The number of esters is 1. The Balaban J connectivity index is 2.52. The minimum absolute atomic E-state index is 0.307. The summed E-state index contributed by atoms with van der Waals surface area (Å²) in [4.78, 5) is 13.5. The molecule has 0 saturated carbocycles. The quantitative estimate of drug-likeness (QED) is 0.642. The average molecular weight is 231 g/mol. The number of ether oxygens (including phenoxy) is 1. The van der Waals surface area contributed by atoms with Crippen molar-refractivity contribution in [3.63, 3.8) is 0 Å². The van der Waals surface area contributed by atoms with E-state index in [9.17, 15) is 15.0 Å². The van der Waals surface area contributed by atoms with Gasteiger partial charge in [-0.05, 0) is 27.7 Å². The second kappa shape index (κ2) is 4.69. The highest BCUT2D eigenvalue weighted by Crippen LogP contribution is 2.16. The molecule has 16 heavy (non-hydrogen) atoms. The molecule has 0 aromatic heterocycles. The molecule has 0 bridgehead atoms. The number of carbonyl (C=O) groups is 1. The van der Waals surface area contributed by atoms with Crippen molar-refractivity contribution in [1.29, 1.82) is 0 Å². The molecule has 1 heterocycles. The molecule has 5 nitrogen and oxygen atoms in total. The first-order valence-electron chi connectivity index (χ1n) is 5.54. The lowest BCUT2D eigenvalue weighted by molar-refractivity contribution is -0.160. The first-order chi connectivity index (χ1) is 7.20. The Kier molecular flexibility index (Phi) is 3.93. The molecule has 3 atom stereocenters. The van der Waals surface area contributed by atoms with Crippen LogP contribution in [0.25, 0.3) is 0 Å². The highest BCUT2D eigenvalue weighted by molar-refractivity contribution is 5.75. The number of hydrogen-bond acceptors (Lipinski definition) is 5. The monoisotopic (exact) mass is 231 g/mol. The van der Waals surface area contributed by atoms with E-state index in [0.717, 1.165) is 0 Å². The lowest BCUT2D eigenvalue weighted by Crippen LogP contribution is -2.42. The van der Waals surface area contributed by atoms with Crippen LogP contribution in [0.3, 0.4) is 0 Å². The van der Waals surface area contributed by atoms with Crippen molar-refractivity contribution in [3.05, 3.63) is 0 Å². The molecule has 0 aromatic rings. The molecule has 2 N–H and O–H groups in total. The zero-order valence-corrected chi connectivity index (χ0v) is 10.3. The Morgan fingerprint density at radius 3 is 2.12 bits per heavy atom. The smallest absolute Gasteiger partial charge is 0.323 e. The van der Waals surface area contributed by atoms with Crippen LogP contribution in [-0.4, -0.2) is 58.0 Å². The van der Waals surface area contributed by atoms with Crippen molar-refractivity contribution in [2.24, 2.45) is 0 Å². The Bertz CT molecular complexity index is 251. The summed E-state index contributed by atoms with van der Waals surface area (Å²) in [6, 6.07) is -0.439. The van der Waals surface area contributed by atoms with E-state index in [1.165, 1.54) is 0 Å². The van der Waals surface area contributed by atoms with E-state index in [-0.39, 0.29) is 5.97 Å². The third-order valence-corrected chi connectivity index (χ3v) is 2.58. The summed E-state index contributed by atoms with van der Waals surface area (Å²) in [5.74, 6) is -0.325. The maximum Gasteiger partial charge on any atom is 0.323 e. The van der Waals surface area contributed by atoms with Gasteiger partial charge in [0.05, 0.1) is 12.2 Å². The van der Waals surface area contributed by atoms with Crippen LogP contribution in [-0.2, 0) is 9.53 Å². The summed E-state index contributed by atoms with van der Waals surface area (Å²) in [6.45, 7) is 7.77. The van der Waals surface area contributed by atoms with E-state index >= 15 is 0 Å². The molecule has 3 unspecified atom stereocenters. The second-order valence-corrected chi connectivity index (χ2v) is 5.30. The first-order valence-corrected chi connectivity index (χ1v) is 5.54. The number of rotatable bonds is 2. The molecule has 0 spiro atoms. The first kappa shape index (κ1) is 13.4. The molecule has 1 aliphatic rings. The summed E-state index contributed by atoms with van der Waals surface area (Å²) < 4.78 is 5.24. The fourth-order valence-corrected chi connectivity index (χ4v) is 1.65. The van der Waals surface area contributed by atoms with Gasteiger partial charge in [0.15, 0.2) is 0 Å². The zero-order chi connectivity index (χ0) is 12.5. The third kappa shape index (κ3) is 3.43. The molecular formula is C11H21NO4. The van der Waals surface area contributed by atoms with Crippen LogP contribution < -0.4 is 0 Å². The third-order valence-electron chi connectivity index (χ3n) is 2.58. The topological polar surface area (TPSA) is 70.0 Å². The summed E-state index contributed by atoms with van der Waals surface area (Å²) in [5, 5.41) is 18.8. The SMILES string of the molecule is CC(C(=O)OC(C)(C)C)N1CC(O)C(O)C1. The van der Waals surface area contributed by atoms with E-state index in [4.69, 9.17) is 4.74 Å². The van der Waals surface area contributed by atoms with E-state index in [0.29, 0.717) is 13.1 Å². The van der Waals surface area contributed by atoms with E-state index in [2.05, 4.69) is 0 Å². The normalized spacial score (nSPS) is 29.1. The number of nitrogens with zero attached hydrogens (tertiary/aromatic N) is 1. The minimum Gasteiger partial charge on any atom is -0.459 e. The zero-order valence-electron chi connectivity index (χ0n) is 10.3. The Hall–Kier alpha value is -0.650. The van der Waals surface area contributed by atoms with E-state index < -0.39 is 23.9 Å². The molecule has 1 fully saturated rings. The summed E-state index contributed by atoms with van der Waals surface area (Å²) in [6.07, 6.45) is -1.55. The van der Waals surface area contributed by atoms with Gasteiger partial charge >= 0.3 is 5.97 Å². The number of carbonyl (C=O) groups excluding carboxylic acids is 1. The Labute approximate surface area is 96.0 Å². The van der Waals surface area contributed by atoms with E-state index in [1.54, 1.807) is 11.8 Å². The number of likely N-dealkylation sites (tertiary alicyclic amines) is 1. The standard InChI is InChI=1S/C11H21NO4/c1-7(10(15)16-11(2,3)4)12-5-8(13)9(14)6-12/h7-9,13-14H,5-6H2,1-4H3. The summed E-state index contributed by atoms with van der Waals surface area (Å²) in [5.41, 5.74) is -0.512. The summed E-state index contributed by atoms with van der Waals surface area (Å²) >= 11 is 0. The van der Waals surface area contributed by atoms with E-state index in [1.807, 2.05) is 20.8 Å². The van der Waals surface area contributed by atoms with Crippen LogP contribution in [0, 0.1) is 0 Å². The molecule has 5 heteroatoms. The summed E-state index contributed by atoms with van der Waals surface area (Å²) in [7, 11) is 0. The number of hydrogen-bond donors (Lipinski definition) is 2. The van der Waals surface area contributed by atoms with Gasteiger partial charge in [-0.3, -0.25) is 9.69 Å². The van der Waals surface area contributed by atoms with Crippen LogP contribution in [0.5, 0.6) is 0 Å². The van der Waals surface area contributed by atoms with Crippen molar-refractivity contribution >= 4 is 5.97 Å². The van der Waals surface area contributed by atoms with Crippen molar-refractivity contribution in [2.75, 3.05) is 13.1 Å². The highest BCUT2D eigenvalue weighted by atomic mass is 16.6. The molecule has 1 saturated heterocycles. The number of aliphatic hydroxyl groups is 2. The van der Waals surface area contributed by atoms with Crippen LogP contribution >= 0.6 is 0 Å². The fourth-order valence-electron chi connectivity index (χ4n) is 1.65. The van der Waals surface area contributed by atoms with Gasteiger partial charge in [-0.1, -0.05) is 0 Å². The molecule has 94 valence electrons. The average Bonchev–Trinajstić information content (AvgIpc) is 2.43. The maximum absolute atomic E-state index is 11.7. The minimum atomic E-state index is -0.773. The van der Waals surface area contributed by atoms with Crippen molar-refractivity contribution in [2.45, 2.75) is 51.5 Å². The predicted molar refractivity (Wildman–Crippen MR) is 58.9 cm³/mol. The molecule has 0 aromatic carbocycles. The van der Waals surface area contributed by atoms with Gasteiger partial charge in [-0.15, -0.1) is 0 Å². The van der Waals surface area contributed by atoms with Gasteiger partial charge in [0.25, 0.3) is 0 Å². The van der Waals surface area contributed by atoms with Crippen LogP contribution in [0.4, 0.5) is 0 Å². The van der Waals surface area contributed by atoms with Gasteiger partial charge in [0.1, 0.15) is 11.6 Å². The molecule has 0 amide bonds. The van der Waals surface area contributed by atoms with Crippen molar-refractivity contribution in [1.82, 2.24) is 4.90 Å². The van der Waals surface area contributed by atoms with Crippen LogP contribution in [0.2, 0.25) is 0 Å². The predicted octanol–water partition coefficient (Wildman–Crippen LogP) is -0.246. The van der Waals surface area contributed by atoms with Gasteiger partial charge in [0.2, 0.25) is 0 Å². The highest BCUT2D eigenvalue weighted by Gasteiger charge is 2.36. The second-order valence-electron chi connectivity index (χ2n) is 5.30. The number of aliphatic hydroxyl groups excluding tert-OH is 2. The molecular weight excluding hydrogens is 210 g/mol. The Morgan fingerprint density at radius 2 is 1.75 bits per heavy atom. The lowest BCUT2D eigenvalue weighted by Gasteiger charge is -2.26. The van der Waals surface area contributed by atoms with Crippen LogP contribution in [0.1, 0.15) is 27.7 Å². The number of β-amino-alcohol motifs (C(OH)–C–C–N with tert-alkyl or cyclic N) is 2. The molecule has 0 radical (unpaired) electrons. The fraction of sp³-hybridized carbons (Fsp3) is 0.909. The van der Waals surface area contributed by atoms with Gasteiger partial charge in [-0.2, -0.15) is 0 Å². The van der Waals surface area contributed by atoms with Crippen molar-refractivity contribution < 1.29 is 19.7 Å². The Morgan fingerprint density at radius 1 is 1.31 bits per heavy atom. The van der Waals surface area contributed by atoms with Crippen molar-refractivity contribution in [3.8, 4) is 0 Å². The van der Waals surface area contributed by atoms with Gasteiger partial charge in [-0.25, -0.2) is 0 Å². The van der Waals surface area contributed by atoms with Crippen LogP contribution in [0.15, 0.2) is 0 Å². The maximum atomic E-state index is 11.7. The van der Waals surface area contributed by atoms with Gasteiger partial charge < -0.3 is 14.9 Å². The largest absolute Gasteiger partial charge is 0.459 e. The lowest BCUT2D eigenvalue weighted by atomic mass is 10.2.